The van der Waals surface area contributed by atoms with Gasteiger partial charge >= 0.3 is 5.97 Å². The first-order valence-corrected chi connectivity index (χ1v) is 7.65. The van der Waals surface area contributed by atoms with Crippen LogP contribution in [0.3, 0.4) is 0 Å². The van der Waals surface area contributed by atoms with E-state index in [2.05, 4.69) is 0 Å². The average Bonchev–Trinajstić information content (AvgIpc) is 2.48. The second-order valence-corrected chi connectivity index (χ2v) is 6.01. The van der Waals surface area contributed by atoms with E-state index in [-0.39, 0.29) is 5.91 Å². The van der Waals surface area contributed by atoms with Crippen LogP contribution in [-0.2, 0) is 4.79 Å². The van der Waals surface area contributed by atoms with E-state index in [1.807, 2.05) is 6.92 Å². The van der Waals surface area contributed by atoms with Crippen molar-refractivity contribution in [2.24, 2.45) is 5.41 Å². The van der Waals surface area contributed by atoms with Crippen molar-refractivity contribution in [2.45, 2.75) is 32.6 Å². The SMILES string of the molecule is CCCC1(C(=O)O)CCN(C(=O)c2ccccc2Cl)CC1. The summed E-state index contributed by atoms with van der Waals surface area (Å²) >= 11 is 6.05. The summed E-state index contributed by atoms with van der Waals surface area (Å²) in [5.41, 5.74) is -0.191. The topological polar surface area (TPSA) is 57.6 Å². The van der Waals surface area contributed by atoms with Gasteiger partial charge in [-0.25, -0.2) is 0 Å². The molecular formula is C16H20ClNO3. The maximum Gasteiger partial charge on any atom is 0.309 e. The normalized spacial score (nSPS) is 17.5. The largest absolute Gasteiger partial charge is 0.481 e. The Kier molecular flexibility index (Phi) is 4.88. The third-order valence-corrected chi connectivity index (χ3v) is 4.62. The van der Waals surface area contributed by atoms with Gasteiger partial charge in [-0.2, -0.15) is 0 Å². The molecule has 1 N–H and O–H groups in total. The summed E-state index contributed by atoms with van der Waals surface area (Å²) in [4.78, 5) is 25.7. The smallest absolute Gasteiger partial charge is 0.309 e. The van der Waals surface area contributed by atoms with Crippen LogP contribution in [0, 0.1) is 5.41 Å². The Morgan fingerprint density at radius 2 is 1.90 bits per heavy atom. The molecule has 1 aromatic rings. The van der Waals surface area contributed by atoms with Gasteiger partial charge in [0, 0.05) is 13.1 Å². The number of carbonyl (C=O) groups excluding carboxylic acids is 1. The average molecular weight is 310 g/mol. The van der Waals surface area contributed by atoms with Crippen molar-refractivity contribution in [3.63, 3.8) is 0 Å². The van der Waals surface area contributed by atoms with Gasteiger partial charge in [-0.1, -0.05) is 37.1 Å². The number of carboxylic acids is 1. The zero-order valence-electron chi connectivity index (χ0n) is 12.1. The molecule has 0 aliphatic carbocycles. The molecule has 0 unspecified atom stereocenters. The molecular weight excluding hydrogens is 290 g/mol. The van der Waals surface area contributed by atoms with Crippen molar-refractivity contribution in [3.8, 4) is 0 Å². The van der Waals surface area contributed by atoms with Gasteiger partial charge < -0.3 is 10.0 Å². The lowest BCUT2D eigenvalue weighted by molar-refractivity contribution is -0.152. The lowest BCUT2D eigenvalue weighted by atomic mass is 9.75. The number of halogens is 1. The number of carboxylic acid groups (broad SMARTS) is 1. The van der Waals surface area contributed by atoms with Gasteiger partial charge in [0.1, 0.15) is 0 Å². The van der Waals surface area contributed by atoms with Crippen LogP contribution in [0.1, 0.15) is 43.0 Å². The highest BCUT2D eigenvalue weighted by Crippen LogP contribution is 2.37. The fourth-order valence-corrected chi connectivity index (χ4v) is 3.21. The molecule has 5 heteroatoms. The molecule has 0 aromatic heterocycles. The van der Waals surface area contributed by atoms with Crippen LogP contribution in [0.2, 0.25) is 5.02 Å². The van der Waals surface area contributed by atoms with E-state index in [0.29, 0.717) is 42.9 Å². The Labute approximate surface area is 129 Å². The number of hydrogen-bond donors (Lipinski definition) is 1. The molecule has 4 nitrogen and oxygen atoms in total. The summed E-state index contributed by atoms with van der Waals surface area (Å²) in [5.74, 6) is -0.856. The first-order chi connectivity index (χ1) is 10.00. The molecule has 1 fully saturated rings. The number of hydrogen-bond acceptors (Lipinski definition) is 2. The predicted molar refractivity (Wildman–Crippen MR) is 81.6 cm³/mol. The molecule has 21 heavy (non-hydrogen) atoms. The molecule has 114 valence electrons. The Balaban J connectivity index is 2.09. The number of likely N-dealkylation sites (tertiary alicyclic amines) is 1. The van der Waals surface area contributed by atoms with Crippen LogP contribution in [0.4, 0.5) is 0 Å². The molecule has 1 amide bonds. The first kappa shape index (κ1) is 15.8. The Morgan fingerprint density at radius 1 is 1.29 bits per heavy atom. The maximum absolute atomic E-state index is 12.5. The summed E-state index contributed by atoms with van der Waals surface area (Å²) in [6.45, 7) is 2.93. The van der Waals surface area contributed by atoms with E-state index in [1.165, 1.54) is 0 Å². The first-order valence-electron chi connectivity index (χ1n) is 7.27. The molecule has 0 spiro atoms. The lowest BCUT2D eigenvalue weighted by Gasteiger charge is -2.39. The molecule has 0 radical (unpaired) electrons. The van der Waals surface area contributed by atoms with Crippen molar-refractivity contribution < 1.29 is 14.7 Å². The van der Waals surface area contributed by atoms with Crippen molar-refractivity contribution in [3.05, 3.63) is 34.9 Å². The Hall–Kier alpha value is -1.55. The number of carbonyl (C=O) groups is 2. The molecule has 0 atom stereocenters. The monoisotopic (exact) mass is 309 g/mol. The third-order valence-electron chi connectivity index (χ3n) is 4.29. The minimum Gasteiger partial charge on any atom is -0.481 e. The number of rotatable bonds is 4. The highest BCUT2D eigenvalue weighted by Gasteiger charge is 2.41. The molecule has 0 bridgehead atoms. The van der Waals surface area contributed by atoms with Crippen LogP contribution in [0.15, 0.2) is 24.3 Å². The summed E-state index contributed by atoms with van der Waals surface area (Å²) < 4.78 is 0. The zero-order chi connectivity index (χ0) is 15.5. The second kappa shape index (κ2) is 6.48. The van der Waals surface area contributed by atoms with E-state index in [0.717, 1.165) is 6.42 Å². The van der Waals surface area contributed by atoms with Gasteiger partial charge in [-0.15, -0.1) is 0 Å². The molecule has 1 heterocycles. The number of piperidine rings is 1. The summed E-state index contributed by atoms with van der Waals surface area (Å²) in [5, 5.41) is 9.92. The van der Waals surface area contributed by atoms with Gasteiger partial charge in [0.05, 0.1) is 16.0 Å². The van der Waals surface area contributed by atoms with Crippen LogP contribution in [-0.4, -0.2) is 35.0 Å². The van der Waals surface area contributed by atoms with Gasteiger partial charge in [0.2, 0.25) is 0 Å². The van der Waals surface area contributed by atoms with Crippen molar-refractivity contribution in [1.82, 2.24) is 4.90 Å². The zero-order valence-corrected chi connectivity index (χ0v) is 12.9. The fourth-order valence-electron chi connectivity index (χ4n) is 2.99. The van der Waals surface area contributed by atoms with Gasteiger partial charge in [0.25, 0.3) is 5.91 Å². The Bertz CT molecular complexity index is 536. The summed E-state index contributed by atoms with van der Waals surface area (Å²) in [6, 6.07) is 6.96. The van der Waals surface area contributed by atoms with Crippen LogP contribution in [0.5, 0.6) is 0 Å². The minimum atomic E-state index is -0.741. The highest BCUT2D eigenvalue weighted by molar-refractivity contribution is 6.33. The van der Waals surface area contributed by atoms with Gasteiger partial charge in [0.15, 0.2) is 0 Å². The van der Waals surface area contributed by atoms with Crippen molar-refractivity contribution >= 4 is 23.5 Å². The van der Waals surface area contributed by atoms with Crippen LogP contribution < -0.4 is 0 Å². The number of aliphatic carboxylic acids is 1. The minimum absolute atomic E-state index is 0.115. The van der Waals surface area contributed by atoms with Crippen LogP contribution >= 0.6 is 11.6 Å². The van der Waals surface area contributed by atoms with E-state index in [4.69, 9.17) is 11.6 Å². The van der Waals surface area contributed by atoms with E-state index in [1.54, 1.807) is 29.2 Å². The quantitative estimate of drug-likeness (QED) is 0.926. The Morgan fingerprint density at radius 3 is 2.43 bits per heavy atom. The van der Waals surface area contributed by atoms with E-state index in [9.17, 15) is 14.7 Å². The van der Waals surface area contributed by atoms with Crippen molar-refractivity contribution in [2.75, 3.05) is 13.1 Å². The third kappa shape index (κ3) is 3.21. The van der Waals surface area contributed by atoms with Crippen molar-refractivity contribution in [1.29, 1.82) is 0 Å². The van der Waals surface area contributed by atoms with Gasteiger partial charge in [-0.3, -0.25) is 9.59 Å². The number of nitrogens with zero attached hydrogens (tertiary/aromatic N) is 1. The standard InChI is InChI=1S/C16H20ClNO3/c1-2-7-16(15(20)21)8-10-18(11-9-16)14(19)12-5-3-4-6-13(12)17/h3-6H,2,7-11H2,1H3,(H,20,21). The maximum atomic E-state index is 12.5. The molecule has 1 saturated heterocycles. The van der Waals surface area contributed by atoms with E-state index < -0.39 is 11.4 Å². The molecule has 1 aliphatic rings. The molecule has 1 aromatic carbocycles. The summed E-state index contributed by atoms with van der Waals surface area (Å²) in [7, 11) is 0. The highest BCUT2D eigenvalue weighted by atomic mass is 35.5. The summed E-state index contributed by atoms with van der Waals surface area (Å²) in [6.07, 6.45) is 2.51. The fraction of sp³-hybridized carbons (Fsp3) is 0.500. The molecule has 1 aliphatic heterocycles. The number of benzene rings is 1. The number of amides is 1. The van der Waals surface area contributed by atoms with E-state index >= 15 is 0 Å². The predicted octanol–water partition coefficient (Wildman–Crippen LogP) is 3.45. The molecule has 2 rings (SSSR count). The second-order valence-electron chi connectivity index (χ2n) is 5.61. The lowest BCUT2D eigenvalue weighted by Crippen LogP contribution is -2.46. The van der Waals surface area contributed by atoms with Crippen LogP contribution in [0.25, 0.3) is 0 Å². The molecule has 0 saturated carbocycles. The van der Waals surface area contributed by atoms with Gasteiger partial charge in [-0.05, 0) is 31.4 Å².